The standard InChI is InChI=1S/C12H11F3N2O/c13-12(14,15)10-5-8(6-16)1-2-11(10)17-4-3-9(18)7-17/h1-2,5,9,18H,3-4,7H2/t9-/m0/s1. The van der Waals surface area contributed by atoms with Crippen molar-refractivity contribution in [2.45, 2.75) is 18.7 Å². The molecule has 2 rings (SSSR count). The summed E-state index contributed by atoms with van der Waals surface area (Å²) in [7, 11) is 0. The Morgan fingerprint density at radius 1 is 1.39 bits per heavy atom. The lowest BCUT2D eigenvalue weighted by molar-refractivity contribution is -0.137. The second-order valence-corrected chi connectivity index (χ2v) is 4.23. The van der Waals surface area contributed by atoms with Gasteiger partial charge >= 0.3 is 6.18 Å². The monoisotopic (exact) mass is 256 g/mol. The summed E-state index contributed by atoms with van der Waals surface area (Å²) in [6.45, 7) is 0.575. The molecule has 1 heterocycles. The van der Waals surface area contributed by atoms with E-state index in [4.69, 9.17) is 5.26 Å². The van der Waals surface area contributed by atoms with E-state index in [0.717, 1.165) is 6.07 Å². The van der Waals surface area contributed by atoms with Crippen molar-refractivity contribution in [2.75, 3.05) is 18.0 Å². The minimum atomic E-state index is -4.50. The third-order valence-corrected chi connectivity index (χ3v) is 2.94. The molecule has 3 nitrogen and oxygen atoms in total. The van der Waals surface area contributed by atoms with Crippen molar-refractivity contribution in [1.29, 1.82) is 5.26 Å². The fourth-order valence-electron chi connectivity index (χ4n) is 2.07. The molecule has 0 spiro atoms. The lowest BCUT2D eigenvalue weighted by Gasteiger charge is -2.22. The number of anilines is 1. The Morgan fingerprint density at radius 2 is 2.11 bits per heavy atom. The van der Waals surface area contributed by atoms with Crippen LogP contribution in [0.2, 0.25) is 0 Å². The van der Waals surface area contributed by atoms with E-state index in [2.05, 4.69) is 0 Å². The topological polar surface area (TPSA) is 47.3 Å². The first-order valence-electron chi connectivity index (χ1n) is 5.46. The van der Waals surface area contributed by atoms with Gasteiger partial charge < -0.3 is 10.0 Å². The Labute approximate surface area is 102 Å². The first-order chi connectivity index (χ1) is 8.41. The third-order valence-electron chi connectivity index (χ3n) is 2.94. The molecule has 0 bridgehead atoms. The second-order valence-electron chi connectivity index (χ2n) is 4.23. The molecule has 6 heteroatoms. The number of aliphatic hydroxyl groups excluding tert-OH is 1. The number of rotatable bonds is 1. The Balaban J connectivity index is 2.44. The van der Waals surface area contributed by atoms with Crippen LogP contribution >= 0.6 is 0 Å². The smallest absolute Gasteiger partial charge is 0.391 e. The van der Waals surface area contributed by atoms with E-state index in [1.165, 1.54) is 17.0 Å². The molecule has 1 aliphatic rings. The fourth-order valence-corrected chi connectivity index (χ4v) is 2.07. The Hall–Kier alpha value is -1.74. The molecule has 0 amide bonds. The fraction of sp³-hybridized carbons (Fsp3) is 0.417. The molecule has 0 aromatic heterocycles. The van der Waals surface area contributed by atoms with Gasteiger partial charge in [0.1, 0.15) is 0 Å². The van der Waals surface area contributed by atoms with Crippen molar-refractivity contribution in [3.8, 4) is 6.07 Å². The van der Waals surface area contributed by atoms with Crippen LogP contribution in [0.15, 0.2) is 18.2 Å². The van der Waals surface area contributed by atoms with Gasteiger partial charge in [-0.15, -0.1) is 0 Å². The van der Waals surface area contributed by atoms with Crippen molar-refractivity contribution in [1.82, 2.24) is 0 Å². The minimum Gasteiger partial charge on any atom is -0.391 e. The molecular formula is C12H11F3N2O. The van der Waals surface area contributed by atoms with Gasteiger partial charge in [-0.3, -0.25) is 0 Å². The third kappa shape index (κ3) is 2.41. The molecule has 0 aliphatic carbocycles. The number of hydrogen-bond acceptors (Lipinski definition) is 3. The van der Waals surface area contributed by atoms with E-state index in [-0.39, 0.29) is 17.8 Å². The lowest BCUT2D eigenvalue weighted by Crippen LogP contribution is -2.24. The van der Waals surface area contributed by atoms with Crippen LogP contribution in [0.4, 0.5) is 18.9 Å². The number of nitrogens with zero attached hydrogens (tertiary/aromatic N) is 2. The van der Waals surface area contributed by atoms with E-state index in [1.807, 2.05) is 0 Å². The average molecular weight is 256 g/mol. The molecule has 1 fully saturated rings. The quantitative estimate of drug-likeness (QED) is 0.837. The number of halogens is 3. The van der Waals surface area contributed by atoms with E-state index in [9.17, 15) is 18.3 Å². The van der Waals surface area contributed by atoms with Gasteiger partial charge in [0.05, 0.1) is 23.3 Å². The van der Waals surface area contributed by atoms with Crippen molar-refractivity contribution in [3.05, 3.63) is 29.3 Å². The first-order valence-corrected chi connectivity index (χ1v) is 5.46. The van der Waals surface area contributed by atoms with Gasteiger partial charge in [-0.25, -0.2) is 0 Å². The molecule has 1 N–H and O–H groups in total. The maximum Gasteiger partial charge on any atom is 0.418 e. The molecule has 1 saturated heterocycles. The lowest BCUT2D eigenvalue weighted by atomic mass is 10.1. The number of benzene rings is 1. The Kier molecular flexibility index (Phi) is 3.18. The highest BCUT2D eigenvalue weighted by atomic mass is 19.4. The van der Waals surface area contributed by atoms with Gasteiger partial charge in [0.15, 0.2) is 0 Å². The van der Waals surface area contributed by atoms with Gasteiger partial charge in [-0.05, 0) is 24.6 Å². The van der Waals surface area contributed by atoms with Crippen LogP contribution in [-0.2, 0) is 6.18 Å². The highest BCUT2D eigenvalue weighted by Crippen LogP contribution is 2.38. The molecule has 96 valence electrons. The average Bonchev–Trinajstić information content (AvgIpc) is 2.74. The van der Waals surface area contributed by atoms with Crippen LogP contribution in [0.25, 0.3) is 0 Å². The zero-order valence-corrected chi connectivity index (χ0v) is 9.41. The highest BCUT2D eigenvalue weighted by molar-refractivity contribution is 5.58. The number of hydrogen-bond donors (Lipinski definition) is 1. The molecule has 18 heavy (non-hydrogen) atoms. The van der Waals surface area contributed by atoms with Crippen molar-refractivity contribution in [3.63, 3.8) is 0 Å². The number of alkyl halides is 3. The zero-order valence-electron chi connectivity index (χ0n) is 9.41. The van der Waals surface area contributed by atoms with Crippen molar-refractivity contribution < 1.29 is 18.3 Å². The normalized spacial score (nSPS) is 19.9. The second kappa shape index (κ2) is 4.50. The summed E-state index contributed by atoms with van der Waals surface area (Å²) in [5, 5.41) is 18.0. The van der Waals surface area contributed by atoms with E-state index in [0.29, 0.717) is 13.0 Å². The first kappa shape index (κ1) is 12.7. The maximum atomic E-state index is 12.9. The van der Waals surface area contributed by atoms with Crippen molar-refractivity contribution >= 4 is 5.69 Å². The number of β-amino-alcohol motifs (C(OH)–C–C–N with tert-alkyl or cyclic N) is 1. The van der Waals surface area contributed by atoms with Gasteiger partial charge in [-0.2, -0.15) is 18.4 Å². The van der Waals surface area contributed by atoms with Gasteiger partial charge in [0.25, 0.3) is 0 Å². The maximum absolute atomic E-state index is 12.9. The SMILES string of the molecule is N#Cc1ccc(N2CC[C@H](O)C2)c(C(F)(F)F)c1. The molecule has 0 radical (unpaired) electrons. The summed E-state index contributed by atoms with van der Waals surface area (Å²) in [5.41, 5.74) is -0.820. The predicted octanol–water partition coefficient (Wildman–Crippen LogP) is 2.15. The van der Waals surface area contributed by atoms with Crippen LogP contribution in [0.3, 0.4) is 0 Å². The number of aliphatic hydroxyl groups is 1. The Morgan fingerprint density at radius 3 is 2.61 bits per heavy atom. The van der Waals surface area contributed by atoms with Gasteiger partial charge in [0.2, 0.25) is 0 Å². The van der Waals surface area contributed by atoms with Crippen LogP contribution in [0, 0.1) is 11.3 Å². The molecule has 1 atom stereocenters. The Bertz CT molecular complexity index is 493. The van der Waals surface area contributed by atoms with E-state index < -0.39 is 17.8 Å². The highest BCUT2D eigenvalue weighted by Gasteiger charge is 2.36. The molecule has 1 aromatic rings. The van der Waals surface area contributed by atoms with E-state index >= 15 is 0 Å². The van der Waals surface area contributed by atoms with Crippen LogP contribution < -0.4 is 4.90 Å². The number of nitriles is 1. The van der Waals surface area contributed by atoms with Crippen LogP contribution in [0.5, 0.6) is 0 Å². The van der Waals surface area contributed by atoms with Crippen LogP contribution in [0.1, 0.15) is 17.5 Å². The minimum absolute atomic E-state index is 0.0224. The zero-order chi connectivity index (χ0) is 13.3. The summed E-state index contributed by atoms with van der Waals surface area (Å²) >= 11 is 0. The molecule has 1 aromatic carbocycles. The molecule has 1 aliphatic heterocycles. The van der Waals surface area contributed by atoms with Gasteiger partial charge in [0, 0.05) is 18.8 Å². The summed E-state index contributed by atoms with van der Waals surface area (Å²) in [4.78, 5) is 1.49. The summed E-state index contributed by atoms with van der Waals surface area (Å²) in [6, 6.07) is 5.19. The largest absolute Gasteiger partial charge is 0.418 e. The van der Waals surface area contributed by atoms with Crippen molar-refractivity contribution in [2.24, 2.45) is 0 Å². The predicted molar refractivity (Wildman–Crippen MR) is 59.0 cm³/mol. The van der Waals surface area contributed by atoms with Crippen LogP contribution in [-0.4, -0.2) is 24.3 Å². The summed E-state index contributed by atoms with van der Waals surface area (Å²) in [6.07, 6.45) is -4.64. The van der Waals surface area contributed by atoms with E-state index in [1.54, 1.807) is 6.07 Å². The summed E-state index contributed by atoms with van der Waals surface area (Å²) < 4.78 is 38.8. The molecule has 0 saturated carbocycles. The summed E-state index contributed by atoms with van der Waals surface area (Å²) in [5.74, 6) is 0. The molecule has 0 unspecified atom stereocenters. The molecular weight excluding hydrogens is 245 g/mol. The van der Waals surface area contributed by atoms with Gasteiger partial charge in [-0.1, -0.05) is 0 Å².